The number of carbonyl (C=O) groups excluding carboxylic acids is 2. The molecule has 1 unspecified atom stereocenters. The molecule has 0 aliphatic carbocycles. The molecule has 0 aromatic heterocycles. The molecule has 20 heavy (non-hydrogen) atoms. The third-order valence-electron chi connectivity index (χ3n) is 3.26. The normalized spacial score (nSPS) is 18.9. The van der Waals surface area contributed by atoms with E-state index in [1.165, 1.54) is 0 Å². The first kappa shape index (κ1) is 14.8. The third kappa shape index (κ3) is 3.50. The quantitative estimate of drug-likeness (QED) is 0.882. The van der Waals surface area contributed by atoms with Crippen molar-refractivity contribution in [2.24, 2.45) is 0 Å². The average molecular weight is 341 g/mol. The van der Waals surface area contributed by atoms with Gasteiger partial charge in [-0.2, -0.15) is 0 Å². The minimum Gasteiger partial charge on any atom is -0.497 e. The Bertz CT molecular complexity index is 519. The molecule has 0 bridgehead atoms. The lowest BCUT2D eigenvalue weighted by atomic mass is 10.1. The minimum absolute atomic E-state index is 0.116. The number of hydrogen-bond donors (Lipinski definition) is 2. The molecule has 1 atom stereocenters. The summed E-state index contributed by atoms with van der Waals surface area (Å²) >= 11 is 3.34. The maximum atomic E-state index is 12.3. The number of rotatable bonds is 3. The molecule has 0 saturated carbocycles. The Morgan fingerprint density at radius 3 is 3.00 bits per heavy atom. The Balaban J connectivity index is 2.12. The summed E-state index contributed by atoms with van der Waals surface area (Å²) in [5, 5.41) is 5.58. The summed E-state index contributed by atoms with van der Waals surface area (Å²) < 4.78 is 5.78. The van der Waals surface area contributed by atoms with Gasteiger partial charge in [0.2, 0.25) is 5.91 Å². The number of methoxy groups -OCH3 is 1. The number of hydrogen-bond acceptors (Lipinski definition) is 3. The molecule has 0 radical (unpaired) electrons. The van der Waals surface area contributed by atoms with Gasteiger partial charge < -0.3 is 15.4 Å². The van der Waals surface area contributed by atoms with E-state index < -0.39 is 6.04 Å². The van der Waals surface area contributed by atoms with Crippen LogP contribution in [-0.4, -0.2) is 31.5 Å². The zero-order valence-corrected chi connectivity index (χ0v) is 12.8. The number of benzene rings is 1. The molecule has 1 aliphatic heterocycles. The average Bonchev–Trinajstić information content (AvgIpc) is 2.64. The Morgan fingerprint density at radius 1 is 1.45 bits per heavy atom. The highest BCUT2D eigenvalue weighted by molar-refractivity contribution is 9.10. The third-order valence-corrected chi connectivity index (χ3v) is 3.95. The smallest absolute Gasteiger partial charge is 0.253 e. The molecule has 2 N–H and O–H groups in total. The molecule has 1 saturated heterocycles. The highest BCUT2D eigenvalue weighted by Crippen LogP contribution is 2.22. The van der Waals surface area contributed by atoms with E-state index >= 15 is 0 Å². The largest absolute Gasteiger partial charge is 0.497 e. The molecule has 6 heteroatoms. The van der Waals surface area contributed by atoms with E-state index in [2.05, 4.69) is 26.6 Å². The molecule has 1 heterocycles. The number of amides is 2. The van der Waals surface area contributed by atoms with E-state index in [9.17, 15) is 9.59 Å². The monoisotopic (exact) mass is 340 g/mol. The van der Waals surface area contributed by atoms with Crippen LogP contribution in [0.1, 0.15) is 29.6 Å². The van der Waals surface area contributed by atoms with E-state index in [1.54, 1.807) is 25.3 Å². The van der Waals surface area contributed by atoms with Crippen LogP contribution in [0, 0.1) is 0 Å². The van der Waals surface area contributed by atoms with Crippen molar-refractivity contribution in [2.75, 3.05) is 13.7 Å². The number of nitrogens with one attached hydrogen (secondary N) is 2. The SMILES string of the molecule is COc1ccc(Br)c(C(=O)NC2CCCCNC2=O)c1. The second-order valence-corrected chi connectivity index (χ2v) is 5.51. The Kier molecular flexibility index (Phi) is 5.00. The van der Waals surface area contributed by atoms with E-state index in [-0.39, 0.29) is 11.8 Å². The molecule has 0 spiro atoms. The van der Waals surface area contributed by atoms with Crippen LogP contribution in [0.2, 0.25) is 0 Å². The van der Waals surface area contributed by atoms with Gasteiger partial charge >= 0.3 is 0 Å². The summed E-state index contributed by atoms with van der Waals surface area (Å²) in [7, 11) is 1.55. The van der Waals surface area contributed by atoms with E-state index in [1.807, 2.05) is 0 Å². The summed E-state index contributed by atoms with van der Waals surface area (Å²) in [5.74, 6) is 0.205. The summed E-state index contributed by atoms with van der Waals surface area (Å²) in [5.41, 5.74) is 0.460. The maximum absolute atomic E-state index is 12.3. The number of halogens is 1. The fourth-order valence-corrected chi connectivity index (χ4v) is 2.55. The van der Waals surface area contributed by atoms with E-state index in [0.717, 1.165) is 12.8 Å². The Morgan fingerprint density at radius 2 is 2.25 bits per heavy atom. The van der Waals surface area contributed by atoms with Crippen LogP contribution in [0.5, 0.6) is 5.75 Å². The Labute approximate surface area is 126 Å². The second-order valence-electron chi connectivity index (χ2n) is 4.66. The van der Waals surface area contributed by atoms with Crippen molar-refractivity contribution in [1.82, 2.24) is 10.6 Å². The molecule has 1 aliphatic rings. The molecule has 2 amide bonds. The van der Waals surface area contributed by atoms with Gasteiger partial charge in [-0.1, -0.05) is 0 Å². The molecular weight excluding hydrogens is 324 g/mol. The van der Waals surface area contributed by atoms with Crippen LogP contribution in [0.15, 0.2) is 22.7 Å². The standard InChI is InChI=1S/C14H17BrN2O3/c1-20-9-5-6-11(15)10(8-9)13(18)17-12-4-2-3-7-16-14(12)19/h5-6,8,12H,2-4,7H2,1H3,(H,16,19)(H,17,18). The fourth-order valence-electron chi connectivity index (χ4n) is 2.12. The first-order valence-corrected chi connectivity index (χ1v) is 7.33. The lowest BCUT2D eigenvalue weighted by Crippen LogP contribution is -2.45. The molecule has 2 rings (SSSR count). The van der Waals surface area contributed by atoms with Gasteiger partial charge in [-0.25, -0.2) is 0 Å². The molecular formula is C14H17BrN2O3. The van der Waals surface area contributed by atoms with E-state index in [4.69, 9.17) is 4.74 Å². The van der Waals surface area contributed by atoms with E-state index in [0.29, 0.717) is 28.8 Å². The molecule has 108 valence electrons. The van der Waals surface area contributed by atoms with Crippen LogP contribution in [-0.2, 0) is 4.79 Å². The number of ether oxygens (including phenoxy) is 1. The van der Waals surface area contributed by atoms with Crippen LogP contribution in [0.3, 0.4) is 0 Å². The predicted octanol–water partition coefficient (Wildman–Crippen LogP) is 1.86. The molecule has 1 aromatic carbocycles. The summed E-state index contributed by atoms with van der Waals surface area (Å²) in [6, 6.07) is 4.69. The van der Waals surface area contributed by atoms with Crippen molar-refractivity contribution < 1.29 is 14.3 Å². The van der Waals surface area contributed by atoms with Crippen molar-refractivity contribution in [3.8, 4) is 5.75 Å². The number of carbonyl (C=O) groups is 2. The molecule has 5 nitrogen and oxygen atoms in total. The van der Waals surface area contributed by atoms with Gasteiger partial charge in [0.1, 0.15) is 11.8 Å². The van der Waals surface area contributed by atoms with Crippen molar-refractivity contribution >= 4 is 27.7 Å². The fraction of sp³-hybridized carbons (Fsp3) is 0.429. The highest BCUT2D eigenvalue weighted by atomic mass is 79.9. The van der Waals surface area contributed by atoms with Gasteiger partial charge in [0.05, 0.1) is 12.7 Å². The van der Waals surface area contributed by atoms with Crippen LogP contribution in [0.4, 0.5) is 0 Å². The topological polar surface area (TPSA) is 67.4 Å². The van der Waals surface area contributed by atoms with Crippen molar-refractivity contribution in [3.05, 3.63) is 28.2 Å². The second kappa shape index (κ2) is 6.74. The van der Waals surface area contributed by atoms with Gasteiger partial charge in [-0.15, -0.1) is 0 Å². The van der Waals surface area contributed by atoms with Gasteiger partial charge in [-0.05, 0) is 53.4 Å². The lowest BCUT2D eigenvalue weighted by Gasteiger charge is -2.16. The molecule has 1 fully saturated rings. The van der Waals surface area contributed by atoms with Crippen molar-refractivity contribution in [2.45, 2.75) is 25.3 Å². The Hall–Kier alpha value is -1.56. The summed E-state index contributed by atoms with van der Waals surface area (Å²) in [4.78, 5) is 24.1. The zero-order chi connectivity index (χ0) is 14.5. The first-order chi connectivity index (χ1) is 9.61. The summed E-state index contributed by atoms with van der Waals surface area (Å²) in [6.07, 6.45) is 2.53. The first-order valence-electron chi connectivity index (χ1n) is 6.54. The van der Waals surface area contributed by atoms with Crippen LogP contribution in [0.25, 0.3) is 0 Å². The lowest BCUT2D eigenvalue weighted by molar-refractivity contribution is -0.122. The van der Waals surface area contributed by atoms with Gasteiger partial charge in [0, 0.05) is 11.0 Å². The minimum atomic E-state index is -0.469. The van der Waals surface area contributed by atoms with Crippen molar-refractivity contribution in [3.63, 3.8) is 0 Å². The predicted molar refractivity (Wildman–Crippen MR) is 78.8 cm³/mol. The van der Waals surface area contributed by atoms with Crippen molar-refractivity contribution in [1.29, 1.82) is 0 Å². The van der Waals surface area contributed by atoms with Gasteiger partial charge in [0.25, 0.3) is 5.91 Å². The maximum Gasteiger partial charge on any atom is 0.253 e. The van der Waals surface area contributed by atoms with Crippen LogP contribution >= 0.6 is 15.9 Å². The van der Waals surface area contributed by atoms with Gasteiger partial charge in [-0.3, -0.25) is 9.59 Å². The zero-order valence-electron chi connectivity index (χ0n) is 11.2. The van der Waals surface area contributed by atoms with Gasteiger partial charge in [0.15, 0.2) is 0 Å². The highest BCUT2D eigenvalue weighted by Gasteiger charge is 2.23. The van der Waals surface area contributed by atoms with Crippen LogP contribution < -0.4 is 15.4 Å². The molecule has 1 aromatic rings. The summed E-state index contributed by atoms with van der Waals surface area (Å²) in [6.45, 7) is 0.675.